The smallest absolute Gasteiger partial charge is 0.248 e. The van der Waals surface area contributed by atoms with Crippen LogP contribution < -0.4 is 5.56 Å². The highest BCUT2D eigenvalue weighted by molar-refractivity contribution is 6.35. The Bertz CT molecular complexity index is 679. The molecule has 2 rings (SSSR count). The Morgan fingerprint density at radius 1 is 1.21 bits per heavy atom. The molecule has 1 heterocycles. The van der Waals surface area contributed by atoms with E-state index in [1.54, 1.807) is 31.2 Å². The van der Waals surface area contributed by atoms with Crippen LogP contribution in [0.1, 0.15) is 28.8 Å². The Morgan fingerprint density at radius 2 is 1.95 bits per heavy atom. The number of pyridine rings is 1. The van der Waals surface area contributed by atoms with Gasteiger partial charge >= 0.3 is 0 Å². The van der Waals surface area contributed by atoms with Crippen LogP contribution in [0, 0.1) is 0 Å². The molecular weight excluding hydrogens is 285 g/mol. The number of Topliss-reactive ketones (excluding diaryl/α,β-unsaturated/α-hetero) is 1. The third-order valence-corrected chi connectivity index (χ3v) is 3.44. The summed E-state index contributed by atoms with van der Waals surface area (Å²) < 4.78 is 0. The molecule has 0 saturated carbocycles. The molecule has 1 aromatic heterocycles. The third-order valence-electron chi connectivity index (χ3n) is 2.88. The quantitative estimate of drug-likeness (QED) is 0.879. The summed E-state index contributed by atoms with van der Waals surface area (Å²) in [6, 6.07) is 7.86. The van der Waals surface area contributed by atoms with Gasteiger partial charge in [-0.05, 0) is 23.8 Å². The van der Waals surface area contributed by atoms with Gasteiger partial charge in [0.25, 0.3) is 0 Å². The van der Waals surface area contributed by atoms with Crippen molar-refractivity contribution < 1.29 is 4.79 Å². The normalized spacial score (nSPS) is 12.2. The summed E-state index contributed by atoms with van der Waals surface area (Å²) in [5.41, 5.74) is 0.749. The average Bonchev–Trinajstić information content (AvgIpc) is 2.37. The summed E-state index contributed by atoms with van der Waals surface area (Å²) in [6.07, 6.45) is 1.45. The monoisotopic (exact) mass is 295 g/mol. The number of rotatable bonds is 3. The first-order valence-electron chi connectivity index (χ1n) is 5.67. The average molecular weight is 296 g/mol. The number of aromatic nitrogens is 1. The van der Waals surface area contributed by atoms with E-state index in [9.17, 15) is 9.59 Å². The summed E-state index contributed by atoms with van der Waals surface area (Å²) in [5.74, 6) is -0.595. The standard InChI is InChI=1S/C14H11Cl2NO2/c1-8(11-3-2-10(15)7-12(11)16)14(19)9-4-5-17-13(18)6-9/h2-8H,1H3,(H,17,18). The van der Waals surface area contributed by atoms with Crippen molar-refractivity contribution in [2.24, 2.45) is 0 Å². The number of hydrogen-bond donors (Lipinski definition) is 1. The summed E-state index contributed by atoms with van der Waals surface area (Å²) in [5, 5.41) is 0.961. The maximum absolute atomic E-state index is 12.3. The Kier molecular flexibility index (Phi) is 4.08. The van der Waals surface area contributed by atoms with Crippen LogP contribution in [0.15, 0.2) is 41.3 Å². The third kappa shape index (κ3) is 3.06. The number of aromatic amines is 1. The molecule has 2 aromatic rings. The number of carbonyl (C=O) groups is 1. The topological polar surface area (TPSA) is 49.9 Å². The van der Waals surface area contributed by atoms with Crippen LogP contribution in [0.2, 0.25) is 10.0 Å². The number of halogens is 2. The van der Waals surface area contributed by atoms with Gasteiger partial charge in [0.15, 0.2) is 5.78 Å². The predicted octanol–water partition coefficient (Wildman–Crippen LogP) is 3.67. The van der Waals surface area contributed by atoms with Gasteiger partial charge in [0.2, 0.25) is 5.56 Å². The Morgan fingerprint density at radius 3 is 2.58 bits per heavy atom. The van der Waals surface area contributed by atoms with E-state index in [2.05, 4.69) is 4.98 Å². The fourth-order valence-corrected chi connectivity index (χ4v) is 2.41. The van der Waals surface area contributed by atoms with Crippen LogP contribution >= 0.6 is 23.2 Å². The molecule has 1 unspecified atom stereocenters. The van der Waals surface area contributed by atoms with Crippen LogP contribution in [0.25, 0.3) is 0 Å². The van der Waals surface area contributed by atoms with Crippen LogP contribution in [0.3, 0.4) is 0 Å². The minimum atomic E-state index is -0.438. The number of carbonyl (C=O) groups excluding carboxylic acids is 1. The molecule has 0 fully saturated rings. The molecule has 0 aliphatic rings. The van der Waals surface area contributed by atoms with E-state index in [0.29, 0.717) is 21.2 Å². The van der Waals surface area contributed by atoms with Crippen LogP contribution in [0.5, 0.6) is 0 Å². The van der Waals surface area contributed by atoms with Gasteiger partial charge in [0.05, 0.1) is 0 Å². The van der Waals surface area contributed by atoms with Crippen molar-refractivity contribution in [2.45, 2.75) is 12.8 Å². The molecule has 0 aliphatic carbocycles. The fourth-order valence-electron chi connectivity index (χ4n) is 1.84. The highest BCUT2D eigenvalue weighted by Crippen LogP contribution is 2.29. The van der Waals surface area contributed by atoms with Gasteiger partial charge in [-0.3, -0.25) is 9.59 Å². The number of hydrogen-bond acceptors (Lipinski definition) is 2. The summed E-state index contributed by atoms with van der Waals surface area (Å²) in [4.78, 5) is 26.0. The molecule has 1 N–H and O–H groups in total. The molecule has 0 saturated heterocycles. The molecule has 1 atom stereocenters. The van der Waals surface area contributed by atoms with Gasteiger partial charge in [-0.1, -0.05) is 36.2 Å². The molecule has 0 amide bonds. The molecule has 0 spiro atoms. The molecule has 1 aromatic carbocycles. The van der Waals surface area contributed by atoms with Crippen molar-refractivity contribution in [3.63, 3.8) is 0 Å². The highest BCUT2D eigenvalue weighted by atomic mass is 35.5. The lowest BCUT2D eigenvalue weighted by molar-refractivity contribution is 0.0966. The summed E-state index contributed by atoms with van der Waals surface area (Å²) >= 11 is 11.9. The van der Waals surface area contributed by atoms with E-state index in [1.807, 2.05) is 0 Å². The second-order valence-electron chi connectivity index (χ2n) is 4.19. The van der Waals surface area contributed by atoms with Crippen molar-refractivity contribution >= 4 is 29.0 Å². The molecular formula is C14H11Cl2NO2. The number of benzene rings is 1. The molecule has 98 valence electrons. The Labute approximate surface area is 120 Å². The first-order valence-corrected chi connectivity index (χ1v) is 6.42. The number of nitrogens with one attached hydrogen (secondary N) is 1. The lowest BCUT2D eigenvalue weighted by atomic mass is 9.93. The Hall–Kier alpha value is -1.58. The zero-order chi connectivity index (χ0) is 14.0. The number of H-pyrrole nitrogens is 1. The molecule has 19 heavy (non-hydrogen) atoms. The second-order valence-corrected chi connectivity index (χ2v) is 5.04. The minimum Gasteiger partial charge on any atom is -0.329 e. The second kappa shape index (κ2) is 5.59. The zero-order valence-electron chi connectivity index (χ0n) is 10.1. The van der Waals surface area contributed by atoms with Crippen LogP contribution in [-0.2, 0) is 0 Å². The molecule has 5 heteroatoms. The van der Waals surface area contributed by atoms with Crippen LogP contribution in [0.4, 0.5) is 0 Å². The SMILES string of the molecule is CC(C(=O)c1cc[nH]c(=O)c1)c1ccc(Cl)cc1Cl. The fraction of sp³-hybridized carbons (Fsp3) is 0.143. The van der Waals surface area contributed by atoms with Crippen molar-refractivity contribution in [1.29, 1.82) is 0 Å². The van der Waals surface area contributed by atoms with E-state index in [-0.39, 0.29) is 11.3 Å². The first kappa shape index (κ1) is 13.8. The Balaban J connectivity index is 2.36. The van der Waals surface area contributed by atoms with Crippen molar-refractivity contribution in [2.75, 3.05) is 0 Å². The van der Waals surface area contributed by atoms with Gasteiger partial charge < -0.3 is 4.98 Å². The zero-order valence-corrected chi connectivity index (χ0v) is 11.6. The highest BCUT2D eigenvalue weighted by Gasteiger charge is 2.19. The number of ketones is 1. The largest absolute Gasteiger partial charge is 0.329 e. The van der Waals surface area contributed by atoms with Gasteiger partial charge in [0.1, 0.15) is 0 Å². The van der Waals surface area contributed by atoms with E-state index < -0.39 is 5.92 Å². The lowest BCUT2D eigenvalue weighted by Gasteiger charge is -2.12. The van der Waals surface area contributed by atoms with Crippen LogP contribution in [-0.4, -0.2) is 10.8 Å². The van der Waals surface area contributed by atoms with E-state index in [4.69, 9.17) is 23.2 Å². The lowest BCUT2D eigenvalue weighted by Crippen LogP contribution is -2.14. The summed E-state index contributed by atoms with van der Waals surface area (Å²) in [6.45, 7) is 1.75. The molecule has 0 aliphatic heterocycles. The van der Waals surface area contributed by atoms with E-state index >= 15 is 0 Å². The van der Waals surface area contributed by atoms with E-state index in [1.165, 1.54) is 12.3 Å². The van der Waals surface area contributed by atoms with Crippen molar-refractivity contribution in [3.05, 3.63) is 68.1 Å². The van der Waals surface area contributed by atoms with Gasteiger partial charge in [-0.15, -0.1) is 0 Å². The first-order chi connectivity index (χ1) is 8.99. The van der Waals surface area contributed by atoms with Gasteiger partial charge in [-0.2, -0.15) is 0 Å². The molecule has 0 radical (unpaired) electrons. The maximum atomic E-state index is 12.3. The molecule has 3 nitrogen and oxygen atoms in total. The van der Waals surface area contributed by atoms with Crippen molar-refractivity contribution in [3.8, 4) is 0 Å². The minimum absolute atomic E-state index is 0.157. The van der Waals surface area contributed by atoms with Gasteiger partial charge in [-0.25, -0.2) is 0 Å². The predicted molar refractivity (Wildman–Crippen MR) is 76.3 cm³/mol. The molecule has 0 bridgehead atoms. The summed E-state index contributed by atoms with van der Waals surface area (Å²) in [7, 11) is 0. The van der Waals surface area contributed by atoms with Crippen molar-refractivity contribution in [1.82, 2.24) is 4.98 Å². The maximum Gasteiger partial charge on any atom is 0.248 e. The van der Waals surface area contributed by atoms with Gasteiger partial charge in [0, 0.05) is 33.8 Å². The van der Waals surface area contributed by atoms with E-state index in [0.717, 1.165) is 0 Å².